The summed E-state index contributed by atoms with van der Waals surface area (Å²) in [6.07, 6.45) is -1.11. The van der Waals surface area contributed by atoms with Gasteiger partial charge in [0, 0.05) is 34.1 Å². The van der Waals surface area contributed by atoms with Gasteiger partial charge in [0.15, 0.2) is 0 Å². The normalized spacial score (nSPS) is 13.3. The SMILES string of the molecule is CCCCCNc1cc(N[C@@H](C)[C@@H](Cc2ccc(Cl)cc2)c2cccc(Br)c2)nc(C(F)(F)F)n1. The zero-order valence-corrected chi connectivity index (χ0v) is 22.0. The van der Waals surface area contributed by atoms with Crippen LogP contribution in [0.5, 0.6) is 0 Å². The molecule has 0 saturated heterocycles. The zero-order valence-electron chi connectivity index (χ0n) is 19.7. The molecular formula is C26H29BrClF3N4. The van der Waals surface area contributed by atoms with Gasteiger partial charge in [0.1, 0.15) is 11.6 Å². The van der Waals surface area contributed by atoms with Crippen LogP contribution in [0.3, 0.4) is 0 Å². The summed E-state index contributed by atoms with van der Waals surface area (Å²) in [7, 11) is 0. The number of hydrogen-bond donors (Lipinski definition) is 2. The standard InChI is InChI=1S/C26H29BrClF3N4/c1-3-4-5-13-32-23-16-24(35-25(34-23)26(29,30)31)33-17(2)22(19-7-6-8-20(27)15-19)14-18-9-11-21(28)12-10-18/h6-12,15-17,22H,3-5,13-14H2,1-2H3,(H2,32,33,34,35)/t17-,22+/m0/s1. The quantitative estimate of drug-likeness (QED) is 0.228. The Kier molecular flexibility index (Phi) is 9.80. The summed E-state index contributed by atoms with van der Waals surface area (Å²) in [4.78, 5) is 7.48. The number of hydrogen-bond acceptors (Lipinski definition) is 4. The third-order valence-corrected chi connectivity index (χ3v) is 6.44. The van der Waals surface area contributed by atoms with Gasteiger partial charge in [-0.2, -0.15) is 13.2 Å². The van der Waals surface area contributed by atoms with Crippen LogP contribution in [0, 0.1) is 0 Å². The van der Waals surface area contributed by atoms with Crippen molar-refractivity contribution in [3.05, 3.63) is 81.0 Å². The molecule has 0 unspecified atom stereocenters. The summed E-state index contributed by atoms with van der Waals surface area (Å²) in [5.41, 5.74) is 2.13. The summed E-state index contributed by atoms with van der Waals surface area (Å²) in [5, 5.41) is 6.87. The Balaban J connectivity index is 1.88. The van der Waals surface area contributed by atoms with Crippen molar-refractivity contribution >= 4 is 39.2 Å². The molecule has 188 valence electrons. The van der Waals surface area contributed by atoms with Crippen molar-refractivity contribution in [1.29, 1.82) is 0 Å². The molecule has 2 atom stereocenters. The number of anilines is 2. The van der Waals surface area contributed by atoms with Gasteiger partial charge in [-0.3, -0.25) is 0 Å². The molecule has 0 aliphatic carbocycles. The zero-order chi connectivity index (χ0) is 25.4. The number of halogens is 5. The fourth-order valence-corrected chi connectivity index (χ4v) is 4.40. The molecule has 0 aliphatic heterocycles. The lowest BCUT2D eigenvalue weighted by atomic mass is 9.86. The Bertz CT molecular complexity index is 1090. The molecule has 1 heterocycles. The van der Waals surface area contributed by atoms with Crippen molar-refractivity contribution in [3.63, 3.8) is 0 Å². The number of nitrogens with zero attached hydrogens (tertiary/aromatic N) is 2. The highest BCUT2D eigenvalue weighted by atomic mass is 79.9. The molecule has 0 saturated carbocycles. The van der Waals surface area contributed by atoms with E-state index in [-0.39, 0.29) is 23.6 Å². The number of alkyl halides is 3. The van der Waals surface area contributed by atoms with Crippen LogP contribution < -0.4 is 10.6 Å². The summed E-state index contributed by atoms with van der Waals surface area (Å²) in [5.74, 6) is -0.910. The molecule has 4 nitrogen and oxygen atoms in total. The van der Waals surface area contributed by atoms with Crippen LogP contribution in [-0.4, -0.2) is 22.6 Å². The van der Waals surface area contributed by atoms with Crippen molar-refractivity contribution in [2.45, 2.75) is 57.7 Å². The van der Waals surface area contributed by atoms with Gasteiger partial charge in [-0.25, -0.2) is 9.97 Å². The van der Waals surface area contributed by atoms with Gasteiger partial charge in [-0.1, -0.05) is 71.6 Å². The van der Waals surface area contributed by atoms with Crippen LogP contribution in [0.25, 0.3) is 0 Å². The molecule has 0 bridgehead atoms. The molecule has 1 aromatic heterocycles. The predicted molar refractivity (Wildman–Crippen MR) is 140 cm³/mol. The number of aromatic nitrogens is 2. The summed E-state index contributed by atoms with van der Waals surface area (Å²) in [6.45, 7) is 4.57. The second-order valence-electron chi connectivity index (χ2n) is 8.52. The van der Waals surface area contributed by atoms with Crippen molar-refractivity contribution in [3.8, 4) is 0 Å². The third kappa shape index (κ3) is 8.39. The third-order valence-electron chi connectivity index (χ3n) is 5.69. The minimum Gasteiger partial charge on any atom is -0.370 e. The lowest BCUT2D eigenvalue weighted by molar-refractivity contribution is -0.144. The van der Waals surface area contributed by atoms with Crippen molar-refractivity contribution < 1.29 is 13.2 Å². The highest BCUT2D eigenvalue weighted by Crippen LogP contribution is 2.31. The van der Waals surface area contributed by atoms with Gasteiger partial charge in [-0.05, 0) is 55.2 Å². The number of unbranched alkanes of at least 4 members (excludes halogenated alkanes) is 2. The molecule has 3 aromatic rings. The van der Waals surface area contributed by atoms with E-state index in [1.165, 1.54) is 6.07 Å². The predicted octanol–water partition coefficient (Wildman–Crippen LogP) is 8.34. The maximum absolute atomic E-state index is 13.5. The summed E-state index contributed by atoms with van der Waals surface area (Å²) >= 11 is 9.57. The first kappa shape index (κ1) is 27.3. The monoisotopic (exact) mass is 568 g/mol. The fourth-order valence-electron chi connectivity index (χ4n) is 3.86. The van der Waals surface area contributed by atoms with Gasteiger partial charge < -0.3 is 10.6 Å². The van der Waals surface area contributed by atoms with Crippen molar-refractivity contribution in [1.82, 2.24) is 9.97 Å². The van der Waals surface area contributed by atoms with Gasteiger partial charge in [0.05, 0.1) is 0 Å². The second-order valence-corrected chi connectivity index (χ2v) is 9.87. The van der Waals surface area contributed by atoms with E-state index < -0.39 is 12.0 Å². The Hall–Kier alpha value is -2.32. The maximum atomic E-state index is 13.5. The molecule has 35 heavy (non-hydrogen) atoms. The molecule has 2 N–H and O–H groups in total. The highest BCUT2D eigenvalue weighted by molar-refractivity contribution is 9.10. The molecular weight excluding hydrogens is 541 g/mol. The second kappa shape index (κ2) is 12.6. The van der Waals surface area contributed by atoms with E-state index in [0.717, 1.165) is 34.9 Å². The average molecular weight is 570 g/mol. The van der Waals surface area contributed by atoms with Crippen molar-refractivity contribution in [2.75, 3.05) is 17.2 Å². The fraction of sp³-hybridized carbons (Fsp3) is 0.385. The molecule has 0 radical (unpaired) electrons. The molecule has 9 heteroatoms. The molecule has 2 aromatic carbocycles. The van der Waals surface area contributed by atoms with Crippen LogP contribution >= 0.6 is 27.5 Å². The first-order valence-corrected chi connectivity index (χ1v) is 12.8. The van der Waals surface area contributed by atoms with E-state index in [9.17, 15) is 13.2 Å². The van der Waals surface area contributed by atoms with E-state index in [4.69, 9.17) is 11.6 Å². The first-order chi connectivity index (χ1) is 16.7. The van der Waals surface area contributed by atoms with Gasteiger partial charge >= 0.3 is 6.18 Å². The number of rotatable bonds is 11. The van der Waals surface area contributed by atoms with Crippen LogP contribution in [0.2, 0.25) is 5.02 Å². The van der Waals surface area contributed by atoms with Crippen molar-refractivity contribution in [2.24, 2.45) is 0 Å². The topological polar surface area (TPSA) is 49.8 Å². The molecule has 0 fully saturated rings. The van der Waals surface area contributed by atoms with Crippen LogP contribution in [-0.2, 0) is 12.6 Å². The van der Waals surface area contributed by atoms with Crippen LogP contribution in [0.15, 0.2) is 59.1 Å². The highest BCUT2D eigenvalue weighted by Gasteiger charge is 2.35. The molecule has 0 amide bonds. The van der Waals surface area contributed by atoms with Gasteiger partial charge in [-0.15, -0.1) is 0 Å². The molecule has 0 spiro atoms. The van der Waals surface area contributed by atoms with Gasteiger partial charge in [0.2, 0.25) is 5.82 Å². The Labute approximate surface area is 217 Å². The van der Waals surface area contributed by atoms with Crippen LogP contribution in [0.4, 0.5) is 24.8 Å². The molecule has 0 aliphatic rings. The molecule has 3 rings (SSSR count). The van der Waals surface area contributed by atoms with E-state index >= 15 is 0 Å². The van der Waals surface area contributed by atoms with E-state index in [2.05, 4.69) is 43.5 Å². The summed E-state index contributed by atoms with van der Waals surface area (Å²) < 4.78 is 41.5. The summed E-state index contributed by atoms with van der Waals surface area (Å²) in [6, 6.07) is 16.8. The van der Waals surface area contributed by atoms with E-state index in [1.54, 1.807) is 0 Å². The number of benzene rings is 2. The Morgan fingerprint density at radius 1 is 1.00 bits per heavy atom. The van der Waals surface area contributed by atoms with E-state index in [0.29, 0.717) is 18.0 Å². The van der Waals surface area contributed by atoms with Gasteiger partial charge in [0.25, 0.3) is 0 Å². The minimum absolute atomic E-state index is 0.0426. The smallest absolute Gasteiger partial charge is 0.370 e. The average Bonchev–Trinajstić information content (AvgIpc) is 2.80. The largest absolute Gasteiger partial charge is 0.451 e. The lowest BCUT2D eigenvalue weighted by Gasteiger charge is -2.27. The first-order valence-electron chi connectivity index (χ1n) is 11.6. The lowest BCUT2D eigenvalue weighted by Crippen LogP contribution is -2.27. The maximum Gasteiger partial charge on any atom is 0.451 e. The Morgan fingerprint density at radius 3 is 2.37 bits per heavy atom. The van der Waals surface area contributed by atoms with E-state index in [1.807, 2.05) is 55.5 Å². The van der Waals surface area contributed by atoms with Crippen LogP contribution in [0.1, 0.15) is 56.0 Å². The minimum atomic E-state index is -4.65. The number of nitrogens with one attached hydrogen (secondary N) is 2. The Morgan fingerprint density at radius 2 is 1.71 bits per heavy atom.